The molecule has 0 saturated heterocycles. The van der Waals surface area contributed by atoms with Gasteiger partial charge in [-0.15, -0.1) is 0 Å². The Kier molecular flexibility index (Phi) is 2.83. The van der Waals surface area contributed by atoms with Gasteiger partial charge in [0.05, 0.1) is 10.9 Å². The van der Waals surface area contributed by atoms with Crippen LogP contribution in [0.5, 0.6) is 0 Å². The van der Waals surface area contributed by atoms with Gasteiger partial charge in [0.2, 0.25) is 5.95 Å². The van der Waals surface area contributed by atoms with Gasteiger partial charge in [-0.2, -0.15) is 4.98 Å². The van der Waals surface area contributed by atoms with E-state index in [9.17, 15) is 0 Å². The Morgan fingerprint density at radius 1 is 0.895 bits per heavy atom. The van der Waals surface area contributed by atoms with E-state index in [4.69, 9.17) is 11.5 Å². The molecule has 3 rings (SSSR count). The lowest BCUT2D eigenvalue weighted by molar-refractivity contribution is 1.25. The summed E-state index contributed by atoms with van der Waals surface area (Å²) in [6, 6.07) is 13.8. The second kappa shape index (κ2) is 4.51. The van der Waals surface area contributed by atoms with Gasteiger partial charge in [0.15, 0.2) is 0 Å². The fourth-order valence-electron chi connectivity index (χ4n) is 2.10. The molecule has 5 heteroatoms. The second-order valence-electron chi connectivity index (χ2n) is 4.17. The zero-order valence-corrected chi connectivity index (χ0v) is 11.6. The lowest BCUT2D eigenvalue weighted by Crippen LogP contribution is -2.01. The van der Waals surface area contributed by atoms with Gasteiger partial charge in [0.25, 0.3) is 0 Å². The predicted octanol–water partition coefficient (Wildman–Crippen LogP) is 3.22. The second-order valence-corrected chi connectivity index (χ2v) is 5.09. The summed E-state index contributed by atoms with van der Waals surface area (Å²) in [6.07, 6.45) is 0. The molecular weight excluding hydrogens is 304 g/mol. The van der Waals surface area contributed by atoms with Crippen LogP contribution in [-0.4, -0.2) is 9.97 Å². The van der Waals surface area contributed by atoms with E-state index in [0.29, 0.717) is 5.82 Å². The first-order valence-electron chi connectivity index (χ1n) is 5.73. The highest BCUT2D eigenvalue weighted by Crippen LogP contribution is 2.31. The third kappa shape index (κ3) is 2.13. The van der Waals surface area contributed by atoms with E-state index < -0.39 is 0 Å². The van der Waals surface area contributed by atoms with Gasteiger partial charge in [0, 0.05) is 4.47 Å². The number of nitrogen functional groups attached to an aromatic ring is 2. The molecule has 0 aliphatic heterocycles. The number of benzene rings is 2. The number of halogens is 1. The molecule has 94 valence electrons. The Morgan fingerprint density at radius 3 is 2.37 bits per heavy atom. The maximum Gasteiger partial charge on any atom is 0.222 e. The van der Waals surface area contributed by atoms with Crippen molar-refractivity contribution >= 4 is 38.6 Å². The highest BCUT2D eigenvalue weighted by Gasteiger charge is 2.09. The first-order valence-corrected chi connectivity index (χ1v) is 6.52. The monoisotopic (exact) mass is 314 g/mol. The fraction of sp³-hybridized carbons (Fsp3) is 0. The van der Waals surface area contributed by atoms with Crippen molar-refractivity contribution in [2.24, 2.45) is 0 Å². The smallest absolute Gasteiger partial charge is 0.222 e. The van der Waals surface area contributed by atoms with Crippen molar-refractivity contribution < 1.29 is 0 Å². The molecule has 4 nitrogen and oxygen atoms in total. The maximum atomic E-state index is 5.98. The lowest BCUT2D eigenvalue weighted by atomic mass is 10.0. The summed E-state index contributed by atoms with van der Waals surface area (Å²) < 4.78 is 1.03. The molecule has 4 N–H and O–H groups in total. The molecule has 0 amide bonds. The molecule has 0 bridgehead atoms. The quantitative estimate of drug-likeness (QED) is 0.723. The van der Waals surface area contributed by atoms with Crippen molar-refractivity contribution in [2.75, 3.05) is 11.5 Å². The zero-order chi connectivity index (χ0) is 13.4. The minimum Gasteiger partial charge on any atom is -0.383 e. The Hall–Kier alpha value is -2.14. The van der Waals surface area contributed by atoms with Crippen LogP contribution < -0.4 is 11.5 Å². The van der Waals surface area contributed by atoms with Gasteiger partial charge < -0.3 is 11.5 Å². The van der Waals surface area contributed by atoms with Gasteiger partial charge in [0.1, 0.15) is 5.82 Å². The number of hydrogen-bond acceptors (Lipinski definition) is 4. The van der Waals surface area contributed by atoms with E-state index in [-0.39, 0.29) is 5.95 Å². The molecule has 0 atom stereocenters. The Balaban J connectivity index is 2.32. The number of rotatable bonds is 1. The van der Waals surface area contributed by atoms with Gasteiger partial charge in [-0.05, 0) is 29.3 Å². The van der Waals surface area contributed by atoms with Crippen molar-refractivity contribution in [1.29, 1.82) is 0 Å². The Labute approximate surface area is 118 Å². The number of aromatic nitrogens is 2. The minimum absolute atomic E-state index is 0.193. The van der Waals surface area contributed by atoms with E-state index in [1.165, 1.54) is 0 Å². The fourth-order valence-corrected chi connectivity index (χ4v) is 2.36. The molecule has 0 fully saturated rings. The van der Waals surface area contributed by atoms with Gasteiger partial charge in [-0.3, -0.25) is 0 Å². The largest absolute Gasteiger partial charge is 0.383 e. The summed E-state index contributed by atoms with van der Waals surface area (Å²) in [5, 5.41) is 0.832. The van der Waals surface area contributed by atoms with Gasteiger partial charge >= 0.3 is 0 Å². The third-order valence-electron chi connectivity index (χ3n) is 2.92. The van der Waals surface area contributed by atoms with Crippen molar-refractivity contribution in [2.45, 2.75) is 0 Å². The van der Waals surface area contributed by atoms with Gasteiger partial charge in [-0.25, -0.2) is 4.98 Å². The number of anilines is 2. The summed E-state index contributed by atoms with van der Waals surface area (Å²) in [5.74, 6) is 0.596. The van der Waals surface area contributed by atoms with Crippen molar-refractivity contribution in [3.8, 4) is 11.1 Å². The van der Waals surface area contributed by atoms with E-state index in [0.717, 1.165) is 26.5 Å². The molecule has 0 spiro atoms. The SMILES string of the molecule is Nc1nc(N)c2c(-c3ccc(Br)cc3)cccc2n1. The lowest BCUT2D eigenvalue weighted by Gasteiger charge is -2.09. The van der Waals surface area contributed by atoms with Crippen LogP contribution in [0, 0.1) is 0 Å². The number of nitrogens with zero attached hydrogens (tertiary/aromatic N) is 2. The Morgan fingerprint density at radius 2 is 1.63 bits per heavy atom. The molecule has 1 aromatic heterocycles. The van der Waals surface area contributed by atoms with Crippen molar-refractivity contribution in [1.82, 2.24) is 9.97 Å². The molecular formula is C14H11BrN4. The van der Waals surface area contributed by atoms with Crippen molar-refractivity contribution in [3.05, 3.63) is 46.9 Å². The molecule has 0 saturated carbocycles. The van der Waals surface area contributed by atoms with E-state index >= 15 is 0 Å². The average Bonchev–Trinajstić information content (AvgIpc) is 2.38. The first kappa shape index (κ1) is 11.9. The molecule has 0 aliphatic carbocycles. The predicted molar refractivity (Wildman–Crippen MR) is 81.5 cm³/mol. The normalized spacial score (nSPS) is 10.8. The van der Waals surface area contributed by atoms with E-state index in [1.54, 1.807) is 0 Å². The summed E-state index contributed by atoms with van der Waals surface area (Å²) in [4.78, 5) is 8.26. The third-order valence-corrected chi connectivity index (χ3v) is 3.45. The van der Waals surface area contributed by atoms with Crippen LogP contribution in [0.1, 0.15) is 0 Å². The topological polar surface area (TPSA) is 77.8 Å². The van der Waals surface area contributed by atoms with Gasteiger partial charge in [-0.1, -0.05) is 40.2 Å². The number of hydrogen-bond donors (Lipinski definition) is 2. The molecule has 1 heterocycles. The minimum atomic E-state index is 0.193. The molecule has 0 unspecified atom stereocenters. The Bertz CT molecular complexity index is 753. The molecule has 3 aromatic rings. The molecule has 0 radical (unpaired) electrons. The van der Waals surface area contributed by atoms with Crippen LogP contribution in [0.3, 0.4) is 0 Å². The molecule has 0 aliphatic rings. The average molecular weight is 315 g/mol. The molecule has 2 aromatic carbocycles. The van der Waals surface area contributed by atoms with Crippen LogP contribution in [0.4, 0.5) is 11.8 Å². The summed E-state index contributed by atoms with van der Waals surface area (Å²) >= 11 is 3.43. The number of nitrogens with two attached hydrogens (primary N) is 2. The van der Waals surface area contributed by atoms with Crippen LogP contribution in [0.25, 0.3) is 22.0 Å². The summed E-state index contributed by atoms with van der Waals surface area (Å²) in [7, 11) is 0. The highest BCUT2D eigenvalue weighted by atomic mass is 79.9. The van der Waals surface area contributed by atoms with Crippen LogP contribution >= 0.6 is 15.9 Å². The van der Waals surface area contributed by atoms with Crippen LogP contribution in [0.15, 0.2) is 46.9 Å². The molecule has 19 heavy (non-hydrogen) atoms. The van der Waals surface area contributed by atoms with Crippen molar-refractivity contribution in [3.63, 3.8) is 0 Å². The van der Waals surface area contributed by atoms with Crippen LogP contribution in [-0.2, 0) is 0 Å². The number of fused-ring (bicyclic) bond motifs is 1. The first-order chi connectivity index (χ1) is 9.15. The standard InChI is InChI=1S/C14H11BrN4/c15-9-6-4-8(5-7-9)10-2-1-3-11-12(10)13(16)19-14(17)18-11/h1-7H,(H4,16,17,18,19). The zero-order valence-electron chi connectivity index (χ0n) is 9.97. The summed E-state index contributed by atoms with van der Waals surface area (Å²) in [6.45, 7) is 0. The van der Waals surface area contributed by atoms with Crippen LogP contribution in [0.2, 0.25) is 0 Å². The van der Waals surface area contributed by atoms with E-state index in [1.807, 2.05) is 42.5 Å². The summed E-state index contributed by atoms with van der Waals surface area (Å²) in [5.41, 5.74) is 14.4. The maximum absolute atomic E-state index is 5.98. The van der Waals surface area contributed by atoms with E-state index in [2.05, 4.69) is 25.9 Å². The highest BCUT2D eigenvalue weighted by molar-refractivity contribution is 9.10.